The number of carbonyl (C=O) groups is 2. The second kappa shape index (κ2) is 4.72. The van der Waals surface area contributed by atoms with Crippen LogP contribution in [-0.2, 0) is 4.79 Å². The first kappa shape index (κ1) is 12.8. The number of amides is 2. The van der Waals surface area contributed by atoms with E-state index in [1.54, 1.807) is 4.90 Å². The van der Waals surface area contributed by atoms with Crippen LogP contribution in [0.2, 0.25) is 0 Å². The number of urea groups is 1. The maximum atomic E-state index is 11.6. The van der Waals surface area contributed by atoms with Gasteiger partial charge in [0, 0.05) is 19.6 Å². The molecule has 2 amide bonds. The zero-order valence-electron chi connectivity index (χ0n) is 10.1. The van der Waals surface area contributed by atoms with E-state index in [1.165, 1.54) is 0 Å². The molecule has 1 fully saturated rings. The molecule has 1 aliphatic heterocycles. The first-order valence-electron chi connectivity index (χ1n) is 5.70. The normalized spacial score (nSPS) is 24.9. The zero-order valence-corrected chi connectivity index (χ0v) is 10.1. The third-order valence-electron chi connectivity index (χ3n) is 3.45. The van der Waals surface area contributed by atoms with Crippen molar-refractivity contribution in [3.8, 4) is 0 Å². The molecule has 1 rings (SSSR count). The van der Waals surface area contributed by atoms with Crippen LogP contribution in [-0.4, -0.2) is 41.6 Å². The van der Waals surface area contributed by atoms with E-state index >= 15 is 0 Å². The van der Waals surface area contributed by atoms with Crippen LogP contribution in [0.5, 0.6) is 0 Å². The van der Waals surface area contributed by atoms with Gasteiger partial charge in [0.15, 0.2) is 0 Å². The van der Waals surface area contributed by atoms with E-state index < -0.39 is 11.4 Å². The van der Waals surface area contributed by atoms with E-state index in [0.717, 1.165) is 0 Å². The molecule has 0 bridgehead atoms. The van der Waals surface area contributed by atoms with Gasteiger partial charge < -0.3 is 15.3 Å². The van der Waals surface area contributed by atoms with Gasteiger partial charge in [-0.25, -0.2) is 4.79 Å². The Bertz CT molecular complexity index is 291. The highest BCUT2D eigenvalue weighted by Crippen LogP contribution is 2.38. The fourth-order valence-corrected chi connectivity index (χ4v) is 2.16. The number of hydrogen-bond donors (Lipinski definition) is 2. The molecular formula is C11H20N2O3. The van der Waals surface area contributed by atoms with Crippen LogP contribution < -0.4 is 5.32 Å². The first-order chi connectivity index (χ1) is 7.44. The molecule has 1 heterocycles. The predicted octanol–water partition coefficient (Wildman–Crippen LogP) is 1.15. The molecule has 0 spiro atoms. The number of carboxylic acids is 1. The molecule has 16 heavy (non-hydrogen) atoms. The van der Waals surface area contributed by atoms with Gasteiger partial charge in [-0.15, -0.1) is 0 Å². The third kappa shape index (κ3) is 2.13. The van der Waals surface area contributed by atoms with Crippen molar-refractivity contribution in [3.63, 3.8) is 0 Å². The van der Waals surface area contributed by atoms with Crippen LogP contribution in [0.1, 0.15) is 27.2 Å². The number of nitrogens with one attached hydrogen (secondary N) is 1. The Kier molecular flexibility index (Phi) is 3.78. The van der Waals surface area contributed by atoms with Crippen molar-refractivity contribution < 1.29 is 14.7 Å². The molecular weight excluding hydrogens is 208 g/mol. The maximum Gasteiger partial charge on any atom is 0.317 e. The van der Waals surface area contributed by atoms with E-state index in [-0.39, 0.29) is 11.9 Å². The number of nitrogens with zero attached hydrogens (tertiary/aromatic N) is 1. The second-order valence-electron chi connectivity index (χ2n) is 4.62. The van der Waals surface area contributed by atoms with Gasteiger partial charge in [-0.2, -0.15) is 0 Å². The lowest BCUT2D eigenvalue weighted by atomic mass is 9.76. The van der Waals surface area contributed by atoms with Crippen LogP contribution in [0.15, 0.2) is 0 Å². The summed E-state index contributed by atoms with van der Waals surface area (Å²) in [4.78, 5) is 24.5. The largest absolute Gasteiger partial charge is 0.481 e. The number of carboxylic acid groups (broad SMARTS) is 1. The standard InChI is InChI=1S/C11H20N2O3/c1-4-12-10(16)13-6-5-11(7-13,8(2)3)9(14)15/h8H,4-7H2,1-3H3,(H,12,16)(H,14,15). The van der Waals surface area contributed by atoms with Crippen LogP contribution in [0, 0.1) is 11.3 Å². The maximum absolute atomic E-state index is 11.6. The highest BCUT2D eigenvalue weighted by molar-refractivity contribution is 5.80. The van der Waals surface area contributed by atoms with Crippen molar-refractivity contribution in [2.24, 2.45) is 11.3 Å². The van der Waals surface area contributed by atoms with E-state index in [4.69, 9.17) is 0 Å². The Morgan fingerprint density at radius 2 is 2.12 bits per heavy atom. The second-order valence-corrected chi connectivity index (χ2v) is 4.62. The molecule has 0 saturated carbocycles. The summed E-state index contributed by atoms with van der Waals surface area (Å²) in [5, 5.41) is 12.0. The molecule has 5 heteroatoms. The van der Waals surface area contributed by atoms with Crippen molar-refractivity contribution in [2.45, 2.75) is 27.2 Å². The van der Waals surface area contributed by atoms with Gasteiger partial charge in [0.05, 0.1) is 5.41 Å². The third-order valence-corrected chi connectivity index (χ3v) is 3.45. The minimum Gasteiger partial charge on any atom is -0.481 e. The number of likely N-dealkylation sites (tertiary alicyclic amines) is 1. The first-order valence-corrected chi connectivity index (χ1v) is 5.70. The predicted molar refractivity (Wildman–Crippen MR) is 60.2 cm³/mol. The van der Waals surface area contributed by atoms with Gasteiger partial charge in [0.25, 0.3) is 0 Å². The summed E-state index contributed by atoms with van der Waals surface area (Å²) < 4.78 is 0. The minimum absolute atomic E-state index is 0.0319. The SMILES string of the molecule is CCNC(=O)N1CCC(C(=O)O)(C(C)C)C1. The number of aliphatic carboxylic acids is 1. The van der Waals surface area contributed by atoms with Gasteiger partial charge in [-0.3, -0.25) is 4.79 Å². The average molecular weight is 228 g/mol. The van der Waals surface area contributed by atoms with Crippen LogP contribution >= 0.6 is 0 Å². The summed E-state index contributed by atoms with van der Waals surface area (Å²) in [5.41, 5.74) is -0.773. The molecule has 5 nitrogen and oxygen atoms in total. The van der Waals surface area contributed by atoms with E-state index in [1.807, 2.05) is 20.8 Å². The molecule has 1 aliphatic rings. The fraction of sp³-hybridized carbons (Fsp3) is 0.818. The van der Waals surface area contributed by atoms with Crippen LogP contribution in [0.25, 0.3) is 0 Å². The monoisotopic (exact) mass is 228 g/mol. The molecule has 0 aromatic carbocycles. The molecule has 2 N–H and O–H groups in total. The average Bonchev–Trinajstić information content (AvgIpc) is 2.63. The number of carbonyl (C=O) groups excluding carboxylic acids is 1. The Morgan fingerprint density at radius 3 is 2.50 bits per heavy atom. The molecule has 0 aromatic heterocycles. The zero-order chi connectivity index (χ0) is 12.3. The lowest BCUT2D eigenvalue weighted by molar-refractivity contribution is -0.150. The summed E-state index contributed by atoms with van der Waals surface area (Å²) >= 11 is 0. The molecule has 1 atom stereocenters. The Labute approximate surface area is 95.8 Å². The molecule has 1 saturated heterocycles. The Hall–Kier alpha value is -1.26. The minimum atomic E-state index is -0.797. The summed E-state index contributed by atoms with van der Waals surface area (Å²) in [6.07, 6.45) is 0.539. The number of hydrogen-bond acceptors (Lipinski definition) is 2. The van der Waals surface area contributed by atoms with Gasteiger partial charge in [-0.05, 0) is 19.3 Å². The van der Waals surface area contributed by atoms with Crippen LogP contribution in [0.3, 0.4) is 0 Å². The van der Waals surface area contributed by atoms with Crippen molar-refractivity contribution in [1.82, 2.24) is 10.2 Å². The van der Waals surface area contributed by atoms with Crippen molar-refractivity contribution in [1.29, 1.82) is 0 Å². The summed E-state index contributed by atoms with van der Waals surface area (Å²) in [5.74, 6) is -0.765. The van der Waals surface area contributed by atoms with Crippen LogP contribution in [0.4, 0.5) is 4.79 Å². The van der Waals surface area contributed by atoms with Gasteiger partial charge in [-0.1, -0.05) is 13.8 Å². The smallest absolute Gasteiger partial charge is 0.317 e. The quantitative estimate of drug-likeness (QED) is 0.761. The molecule has 0 radical (unpaired) electrons. The summed E-state index contributed by atoms with van der Waals surface area (Å²) in [6.45, 7) is 7.05. The fourth-order valence-electron chi connectivity index (χ4n) is 2.16. The van der Waals surface area contributed by atoms with Crippen molar-refractivity contribution in [3.05, 3.63) is 0 Å². The number of rotatable bonds is 3. The molecule has 92 valence electrons. The van der Waals surface area contributed by atoms with Gasteiger partial charge in [0.1, 0.15) is 0 Å². The van der Waals surface area contributed by atoms with E-state index in [0.29, 0.717) is 26.1 Å². The Morgan fingerprint density at radius 1 is 1.50 bits per heavy atom. The van der Waals surface area contributed by atoms with E-state index in [9.17, 15) is 14.7 Å². The summed E-state index contributed by atoms with van der Waals surface area (Å²) in [7, 11) is 0. The van der Waals surface area contributed by atoms with E-state index in [2.05, 4.69) is 5.32 Å². The lowest BCUT2D eigenvalue weighted by Gasteiger charge is -2.28. The molecule has 0 aliphatic carbocycles. The topological polar surface area (TPSA) is 69.6 Å². The van der Waals surface area contributed by atoms with Gasteiger partial charge in [0.2, 0.25) is 0 Å². The Balaban J connectivity index is 2.75. The highest BCUT2D eigenvalue weighted by Gasteiger charge is 2.48. The molecule has 0 aromatic rings. The highest BCUT2D eigenvalue weighted by atomic mass is 16.4. The molecule has 1 unspecified atom stereocenters. The van der Waals surface area contributed by atoms with Gasteiger partial charge >= 0.3 is 12.0 Å². The summed E-state index contributed by atoms with van der Waals surface area (Å²) in [6, 6.07) is -0.161. The van der Waals surface area contributed by atoms with Crippen molar-refractivity contribution in [2.75, 3.05) is 19.6 Å². The van der Waals surface area contributed by atoms with Crippen molar-refractivity contribution >= 4 is 12.0 Å². The lowest BCUT2D eigenvalue weighted by Crippen LogP contribution is -2.43.